The highest BCUT2D eigenvalue weighted by molar-refractivity contribution is 7.58. The maximum atomic E-state index is 13.7. The van der Waals surface area contributed by atoms with Gasteiger partial charge in [-0.25, -0.2) is 4.67 Å². The Labute approximate surface area is 157 Å². The molecule has 0 bridgehead atoms. The number of hydrogen-bond acceptors (Lipinski definition) is 4. The summed E-state index contributed by atoms with van der Waals surface area (Å²) < 4.78 is 21.6. The summed E-state index contributed by atoms with van der Waals surface area (Å²) in [6, 6.07) is 0. The van der Waals surface area contributed by atoms with Crippen molar-refractivity contribution in [1.82, 2.24) is 9.57 Å². The fraction of sp³-hybridized carbons (Fsp3) is 0.889. The van der Waals surface area contributed by atoms with E-state index in [9.17, 15) is 14.2 Å². The Hall–Kier alpha value is -0.910. The van der Waals surface area contributed by atoms with Gasteiger partial charge in [-0.05, 0) is 32.6 Å². The first kappa shape index (κ1) is 23.1. The molecule has 26 heavy (non-hydrogen) atoms. The minimum atomic E-state index is -3.05. The van der Waals surface area contributed by atoms with Crippen LogP contribution in [0.5, 0.6) is 0 Å². The Kier molecular flexibility index (Phi) is 7.88. The zero-order valence-corrected chi connectivity index (χ0v) is 18.0. The van der Waals surface area contributed by atoms with Crippen molar-refractivity contribution in [1.29, 1.82) is 0 Å². The topological polar surface area (TPSA) is 87.2 Å². The van der Waals surface area contributed by atoms with E-state index in [4.69, 9.17) is 9.63 Å². The number of amides is 1. The van der Waals surface area contributed by atoms with Crippen molar-refractivity contribution in [3.8, 4) is 0 Å². The maximum Gasteiger partial charge on any atom is 0.303 e. The molecule has 152 valence electrons. The van der Waals surface area contributed by atoms with Gasteiger partial charge in [-0.3, -0.25) is 14.2 Å². The molecule has 1 aliphatic heterocycles. The van der Waals surface area contributed by atoms with E-state index >= 15 is 0 Å². The van der Waals surface area contributed by atoms with Crippen molar-refractivity contribution in [3.05, 3.63) is 0 Å². The quantitative estimate of drug-likeness (QED) is 0.670. The van der Waals surface area contributed by atoms with Crippen LogP contribution in [0.15, 0.2) is 0 Å². The molecule has 8 heteroatoms. The maximum absolute atomic E-state index is 13.7. The van der Waals surface area contributed by atoms with Crippen molar-refractivity contribution in [2.24, 2.45) is 5.41 Å². The number of aliphatic carboxylic acids is 1. The summed E-state index contributed by atoms with van der Waals surface area (Å²) in [5, 5.41) is 8.16. The number of hydrogen-bond donors (Lipinski definition) is 1. The summed E-state index contributed by atoms with van der Waals surface area (Å²) in [5.41, 5.74) is -0.0805. The summed E-state index contributed by atoms with van der Waals surface area (Å²) in [5.74, 6) is -0.920. The third-order valence-electron chi connectivity index (χ3n) is 4.28. The number of carboxylic acid groups (broad SMARTS) is 1. The molecule has 1 fully saturated rings. The van der Waals surface area contributed by atoms with Crippen LogP contribution < -0.4 is 0 Å². The van der Waals surface area contributed by atoms with Crippen LogP contribution in [-0.4, -0.2) is 64.5 Å². The van der Waals surface area contributed by atoms with Gasteiger partial charge < -0.3 is 14.5 Å². The molecule has 0 saturated carbocycles. The molecule has 1 N–H and O–H groups in total. The van der Waals surface area contributed by atoms with Gasteiger partial charge in [0.1, 0.15) is 0 Å². The van der Waals surface area contributed by atoms with Crippen LogP contribution in [0.2, 0.25) is 0 Å². The first-order chi connectivity index (χ1) is 11.8. The van der Waals surface area contributed by atoms with Crippen LogP contribution in [0.25, 0.3) is 0 Å². The Balaban J connectivity index is 2.68. The van der Waals surface area contributed by atoms with Crippen LogP contribution in [0.1, 0.15) is 60.8 Å². The largest absolute Gasteiger partial charge is 0.481 e. The minimum Gasteiger partial charge on any atom is -0.481 e. The normalized spacial score (nSPS) is 19.2. The highest BCUT2D eigenvalue weighted by Gasteiger charge is 2.45. The lowest BCUT2D eigenvalue weighted by molar-refractivity contribution is -0.137. The molecule has 0 spiro atoms. The smallest absolute Gasteiger partial charge is 0.303 e. The van der Waals surface area contributed by atoms with Gasteiger partial charge in [0.25, 0.3) is 7.52 Å². The van der Waals surface area contributed by atoms with Crippen molar-refractivity contribution >= 4 is 19.4 Å². The van der Waals surface area contributed by atoms with E-state index < -0.39 is 18.6 Å². The molecule has 0 radical (unpaired) electrons. The van der Waals surface area contributed by atoms with Gasteiger partial charge in [-0.15, -0.1) is 0 Å². The number of nitrogens with zero attached hydrogens (tertiary/aromatic N) is 2. The first-order valence-electron chi connectivity index (χ1n) is 9.26. The van der Waals surface area contributed by atoms with E-state index in [1.54, 1.807) is 4.90 Å². The van der Waals surface area contributed by atoms with E-state index in [-0.39, 0.29) is 24.2 Å². The van der Waals surface area contributed by atoms with Gasteiger partial charge in [0, 0.05) is 39.0 Å². The molecule has 1 saturated heterocycles. The predicted octanol–water partition coefficient (Wildman–Crippen LogP) is 3.44. The van der Waals surface area contributed by atoms with Crippen LogP contribution in [0.4, 0.5) is 0 Å². The van der Waals surface area contributed by atoms with Gasteiger partial charge in [0.15, 0.2) is 0 Å². The van der Waals surface area contributed by atoms with Crippen LogP contribution in [0.3, 0.4) is 0 Å². The van der Waals surface area contributed by atoms with Crippen molar-refractivity contribution < 1.29 is 23.8 Å². The van der Waals surface area contributed by atoms with E-state index in [1.165, 1.54) is 0 Å². The molecule has 0 aliphatic carbocycles. The SMILES string of the molecule is CC(C)(C)COP(=O)(N1CCN(C(=O)CCCC(=O)O)CC1)C(C)(C)C. The minimum absolute atomic E-state index is 0.00553. The third-order valence-corrected chi connectivity index (χ3v) is 7.60. The molecule has 1 unspecified atom stereocenters. The van der Waals surface area contributed by atoms with Gasteiger partial charge in [0.2, 0.25) is 5.91 Å². The van der Waals surface area contributed by atoms with Gasteiger partial charge in [-0.1, -0.05) is 20.8 Å². The monoisotopic (exact) mass is 390 g/mol. The lowest BCUT2D eigenvalue weighted by Crippen LogP contribution is -2.49. The molecule has 0 aromatic carbocycles. The van der Waals surface area contributed by atoms with Gasteiger partial charge in [-0.2, -0.15) is 0 Å². The molecular formula is C18H35N2O5P. The number of carbonyl (C=O) groups excluding carboxylic acids is 1. The predicted molar refractivity (Wildman–Crippen MR) is 102 cm³/mol. The molecule has 1 atom stereocenters. The zero-order valence-electron chi connectivity index (χ0n) is 17.1. The third kappa shape index (κ3) is 6.67. The average Bonchev–Trinajstić information content (AvgIpc) is 2.50. The Morgan fingerprint density at radius 2 is 1.54 bits per heavy atom. The summed E-state index contributed by atoms with van der Waals surface area (Å²) >= 11 is 0. The van der Waals surface area contributed by atoms with Crippen molar-refractivity contribution in [2.45, 2.75) is 66.0 Å². The van der Waals surface area contributed by atoms with Crippen LogP contribution in [-0.2, 0) is 18.7 Å². The molecule has 1 rings (SSSR count). The number of rotatable bonds is 7. The number of piperazine rings is 1. The standard InChI is InChI=1S/C18H35N2O5P/c1-17(2,3)14-25-26(24,18(4,5)6)20-12-10-19(11-13-20)15(21)8-7-9-16(22)23/h7-14H2,1-6H3,(H,22,23). The Morgan fingerprint density at radius 1 is 1.00 bits per heavy atom. The fourth-order valence-corrected chi connectivity index (χ4v) is 5.41. The van der Waals surface area contributed by atoms with Crippen LogP contribution in [0, 0.1) is 5.41 Å². The molecule has 1 aliphatic rings. The zero-order chi connectivity index (χ0) is 20.2. The summed E-state index contributed by atoms with van der Waals surface area (Å²) in [6.07, 6.45) is 0.596. The van der Waals surface area contributed by atoms with Crippen molar-refractivity contribution in [3.63, 3.8) is 0 Å². The lowest BCUT2D eigenvalue weighted by atomic mass is 9.99. The lowest BCUT2D eigenvalue weighted by Gasteiger charge is -2.44. The fourth-order valence-electron chi connectivity index (χ4n) is 2.74. The molecular weight excluding hydrogens is 355 g/mol. The van der Waals surface area contributed by atoms with Gasteiger partial charge >= 0.3 is 5.97 Å². The Bertz CT molecular complexity index is 543. The molecule has 0 aromatic rings. The van der Waals surface area contributed by atoms with E-state index in [0.29, 0.717) is 39.2 Å². The highest BCUT2D eigenvalue weighted by Crippen LogP contribution is 2.62. The average molecular weight is 390 g/mol. The van der Waals surface area contributed by atoms with E-state index in [0.717, 1.165) is 0 Å². The second-order valence-corrected chi connectivity index (χ2v) is 12.3. The second kappa shape index (κ2) is 8.85. The molecule has 0 aromatic heterocycles. The first-order valence-corrected chi connectivity index (χ1v) is 10.8. The summed E-state index contributed by atoms with van der Waals surface area (Å²) in [4.78, 5) is 24.5. The van der Waals surface area contributed by atoms with Crippen LogP contribution >= 0.6 is 7.52 Å². The second-order valence-electron chi connectivity index (χ2n) is 9.11. The molecule has 1 amide bonds. The summed E-state index contributed by atoms with van der Waals surface area (Å²) in [7, 11) is -3.05. The van der Waals surface area contributed by atoms with Gasteiger partial charge in [0.05, 0.1) is 11.8 Å². The number of carboxylic acids is 1. The van der Waals surface area contributed by atoms with E-state index in [1.807, 2.05) is 46.2 Å². The van der Waals surface area contributed by atoms with Crippen molar-refractivity contribution in [2.75, 3.05) is 32.8 Å². The summed E-state index contributed by atoms with van der Waals surface area (Å²) in [6.45, 7) is 14.3. The molecule has 1 heterocycles. The molecule has 7 nitrogen and oxygen atoms in total. The highest BCUT2D eigenvalue weighted by atomic mass is 31.2. The Morgan fingerprint density at radius 3 is 1.96 bits per heavy atom. The van der Waals surface area contributed by atoms with E-state index in [2.05, 4.69) is 0 Å². The number of carbonyl (C=O) groups is 2.